The maximum atomic E-state index is 13.1. The summed E-state index contributed by atoms with van der Waals surface area (Å²) in [6.07, 6.45) is 0.860. The van der Waals surface area contributed by atoms with Gasteiger partial charge < -0.3 is 9.73 Å². The highest BCUT2D eigenvalue weighted by Gasteiger charge is 2.16. The molecule has 1 heterocycles. The second-order valence-corrected chi connectivity index (χ2v) is 3.97. The summed E-state index contributed by atoms with van der Waals surface area (Å²) in [5.74, 6) is 0.574. The first kappa shape index (κ1) is 12.7. The molecule has 0 amide bonds. The average molecular weight is 249 g/mol. The molecule has 5 heteroatoms. The summed E-state index contributed by atoms with van der Waals surface area (Å²) in [4.78, 5) is 0. The van der Waals surface area contributed by atoms with Gasteiger partial charge in [-0.25, -0.2) is 4.39 Å². The largest absolute Gasteiger partial charge is 0.419 e. The highest BCUT2D eigenvalue weighted by Crippen LogP contribution is 2.22. The van der Waals surface area contributed by atoms with Crippen LogP contribution in [0.1, 0.15) is 32.2 Å². The molecule has 1 aromatic heterocycles. The van der Waals surface area contributed by atoms with Crippen molar-refractivity contribution in [3.8, 4) is 11.5 Å². The molecule has 0 radical (unpaired) electrons. The predicted octanol–water partition coefficient (Wildman–Crippen LogP) is 2.94. The van der Waals surface area contributed by atoms with Crippen LogP contribution in [0.3, 0.4) is 0 Å². The van der Waals surface area contributed by atoms with Gasteiger partial charge in [-0.3, -0.25) is 0 Å². The number of halogens is 1. The summed E-state index contributed by atoms with van der Waals surface area (Å²) in [6.45, 7) is 4.89. The normalized spacial score (nSPS) is 12.6. The van der Waals surface area contributed by atoms with Gasteiger partial charge in [-0.1, -0.05) is 19.9 Å². The molecular formula is C13H16FN3O. The van der Waals surface area contributed by atoms with Gasteiger partial charge in [-0.05, 0) is 31.2 Å². The fraction of sp³-hybridized carbons (Fsp3) is 0.385. The Kier molecular flexibility index (Phi) is 4.04. The molecule has 18 heavy (non-hydrogen) atoms. The van der Waals surface area contributed by atoms with Crippen molar-refractivity contribution >= 4 is 0 Å². The Morgan fingerprint density at radius 1 is 1.33 bits per heavy atom. The van der Waals surface area contributed by atoms with E-state index in [1.807, 2.05) is 13.8 Å². The molecule has 1 unspecified atom stereocenters. The Hall–Kier alpha value is -1.75. The van der Waals surface area contributed by atoms with Gasteiger partial charge in [0.25, 0.3) is 0 Å². The zero-order valence-electron chi connectivity index (χ0n) is 10.5. The fourth-order valence-corrected chi connectivity index (χ4v) is 1.77. The van der Waals surface area contributed by atoms with Crippen LogP contribution < -0.4 is 5.32 Å². The van der Waals surface area contributed by atoms with E-state index in [2.05, 4.69) is 15.5 Å². The van der Waals surface area contributed by atoms with Gasteiger partial charge >= 0.3 is 0 Å². The maximum absolute atomic E-state index is 13.1. The van der Waals surface area contributed by atoms with Gasteiger partial charge in [-0.15, -0.1) is 10.2 Å². The summed E-state index contributed by atoms with van der Waals surface area (Å²) in [6, 6.07) is 6.18. The van der Waals surface area contributed by atoms with Gasteiger partial charge in [-0.2, -0.15) is 0 Å². The molecule has 1 aromatic carbocycles. The number of aromatic nitrogens is 2. The van der Waals surface area contributed by atoms with Crippen LogP contribution in [0.15, 0.2) is 28.7 Å². The fourth-order valence-electron chi connectivity index (χ4n) is 1.77. The molecule has 2 aromatic rings. The summed E-state index contributed by atoms with van der Waals surface area (Å²) in [5.41, 5.74) is 0.597. The predicted molar refractivity (Wildman–Crippen MR) is 66.4 cm³/mol. The van der Waals surface area contributed by atoms with Crippen LogP contribution >= 0.6 is 0 Å². The second-order valence-electron chi connectivity index (χ2n) is 3.97. The lowest BCUT2D eigenvalue weighted by atomic mass is 10.2. The van der Waals surface area contributed by atoms with Crippen molar-refractivity contribution in [3.05, 3.63) is 36.0 Å². The lowest BCUT2D eigenvalue weighted by Gasteiger charge is -2.09. The third-order valence-electron chi connectivity index (χ3n) is 2.67. The van der Waals surface area contributed by atoms with E-state index in [0.29, 0.717) is 17.3 Å². The second kappa shape index (κ2) is 5.73. The van der Waals surface area contributed by atoms with E-state index >= 15 is 0 Å². The van der Waals surface area contributed by atoms with Crippen LogP contribution in [0.4, 0.5) is 4.39 Å². The molecule has 4 nitrogen and oxygen atoms in total. The molecule has 1 atom stereocenters. The van der Waals surface area contributed by atoms with Crippen LogP contribution in [0.2, 0.25) is 0 Å². The van der Waals surface area contributed by atoms with Gasteiger partial charge in [0.1, 0.15) is 5.82 Å². The number of hydrogen-bond donors (Lipinski definition) is 1. The SMILES string of the molecule is CCNC(CC)c1nnc(-c2cccc(F)c2)o1. The Morgan fingerprint density at radius 2 is 2.17 bits per heavy atom. The van der Waals surface area contributed by atoms with Gasteiger partial charge in [0.05, 0.1) is 6.04 Å². The quantitative estimate of drug-likeness (QED) is 0.885. The van der Waals surface area contributed by atoms with Crippen molar-refractivity contribution in [1.82, 2.24) is 15.5 Å². The van der Waals surface area contributed by atoms with E-state index < -0.39 is 0 Å². The van der Waals surface area contributed by atoms with Crippen LogP contribution in [0.5, 0.6) is 0 Å². The van der Waals surface area contributed by atoms with Crippen LogP contribution in [0, 0.1) is 5.82 Å². The van der Waals surface area contributed by atoms with Crippen molar-refractivity contribution in [2.24, 2.45) is 0 Å². The minimum Gasteiger partial charge on any atom is -0.419 e. The highest BCUT2D eigenvalue weighted by atomic mass is 19.1. The van der Waals surface area contributed by atoms with Crippen LogP contribution in [0.25, 0.3) is 11.5 Å². The third-order valence-corrected chi connectivity index (χ3v) is 2.67. The topological polar surface area (TPSA) is 51.0 Å². The molecule has 96 valence electrons. The van der Waals surface area contributed by atoms with Crippen molar-refractivity contribution in [1.29, 1.82) is 0 Å². The summed E-state index contributed by atoms with van der Waals surface area (Å²) in [5, 5.41) is 11.2. The molecule has 0 fully saturated rings. The van der Waals surface area contributed by atoms with E-state index in [1.54, 1.807) is 12.1 Å². The first-order valence-electron chi connectivity index (χ1n) is 6.07. The zero-order chi connectivity index (χ0) is 13.0. The molecule has 0 saturated carbocycles. The monoisotopic (exact) mass is 249 g/mol. The Morgan fingerprint density at radius 3 is 2.83 bits per heavy atom. The first-order valence-corrected chi connectivity index (χ1v) is 6.07. The molecule has 1 N–H and O–H groups in total. The average Bonchev–Trinajstić information content (AvgIpc) is 2.85. The molecule has 0 aliphatic carbocycles. The maximum Gasteiger partial charge on any atom is 0.247 e. The van der Waals surface area contributed by atoms with Crippen molar-refractivity contribution in [3.63, 3.8) is 0 Å². The third kappa shape index (κ3) is 2.73. The van der Waals surface area contributed by atoms with Gasteiger partial charge in [0.15, 0.2) is 0 Å². The number of benzene rings is 1. The van der Waals surface area contributed by atoms with Crippen molar-refractivity contribution < 1.29 is 8.81 Å². The number of rotatable bonds is 5. The number of hydrogen-bond acceptors (Lipinski definition) is 4. The van der Waals surface area contributed by atoms with Gasteiger partial charge in [0, 0.05) is 5.56 Å². The molecule has 0 aliphatic rings. The summed E-state index contributed by atoms with van der Waals surface area (Å²) >= 11 is 0. The number of nitrogens with zero attached hydrogens (tertiary/aromatic N) is 2. The lowest BCUT2D eigenvalue weighted by Crippen LogP contribution is -2.20. The van der Waals surface area contributed by atoms with E-state index in [1.165, 1.54) is 12.1 Å². The first-order chi connectivity index (χ1) is 8.74. The number of nitrogens with one attached hydrogen (secondary N) is 1. The smallest absolute Gasteiger partial charge is 0.247 e. The summed E-state index contributed by atoms with van der Waals surface area (Å²) in [7, 11) is 0. The standard InChI is InChI=1S/C13H16FN3O/c1-3-11(15-4-2)13-17-16-12(18-13)9-6-5-7-10(14)8-9/h5-8,11,15H,3-4H2,1-2H3. The molecule has 0 saturated heterocycles. The minimum atomic E-state index is -0.314. The van der Waals surface area contributed by atoms with Gasteiger partial charge in [0.2, 0.25) is 11.8 Å². The molecule has 2 rings (SSSR count). The Balaban J connectivity index is 2.24. The van der Waals surface area contributed by atoms with E-state index in [-0.39, 0.29) is 11.9 Å². The van der Waals surface area contributed by atoms with Crippen LogP contribution in [-0.4, -0.2) is 16.7 Å². The molecular weight excluding hydrogens is 233 g/mol. The summed E-state index contributed by atoms with van der Waals surface area (Å²) < 4.78 is 18.7. The zero-order valence-corrected chi connectivity index (χ0v) is 10.5. The lowest BCUT2D eigenvalue weighted by molar-refractivity contribution is 0.402. The minimum absolute atomic E-state index is 0.0461. The van der Waals surface area contributed by atoms with Crippen molar-refractivity contribution in [2.45, 2.75) is 26.3 Å². The molecule has 0 aliphatic heterocycles. The molecule has 0 bridgehead atoms. The molecule has 0 spiro atoms. The Bertz CT molecular complexity index is 512. The Labute approximate surface area is 105 Å². The van der Waals surface area contributed by atoms with E-state index in [0.717, 1.165) is 13.0 Å². The highest BCUT2D eigenvalue weighted by molar-refractivity contribution is 5.52. The van der Waals surface area contributed by atoms with Crippen LogP contribution in [-0.2, 0) is 0 Å². The van der Waals surface area contributed by atoms with Crippen molar-refractivity contribution in [2.75, 3.05) is 6.54 Å². The van der Waals surface area contributed by atoms with E-state index in [9.17, 15) is 4.39 Å². The van der Waals surface area contributed by atoms with E-state index in [4.69, 9.17) is 4.42 Å².